The average molecular weight is 279 g/mol. The lowest BCUT2D eigenvalue weighted by atomic mass is 10.0. The minimum Gasteiger partial charge on any atom is -0.293 e. The molecule has 0 saturated heterocycles. The van der Waals surface area contributed by atoms with Crippen molar-refractivity contribution in [3.63, 3.8) is 0 Å². The smallest absolute Gasteiger partial charge is 0.270 e. The average Bonchev–Trinajstić information content (AvgIpc) is 2.46. The third-order valence-corrected chi connectivity index (χ3v) is 4.75. The predicted octanol–water partition coefficient (Wildman–Crippen LogP) is 3.84. The zero-order chi connectivity index (χ0) is 13.7. The number of nitrogens with zero attached hydrogens (tertiary/aromatic N) is 1. The molecule has 0 unspecified atom stereocenters. The van der Waals surface area contributed by atoms with Crippen LogP contribution < -0.4 is 0 Å². The van der Waals surface area contributed by atoms with Crippen LogP contribution in [0.4, 0.5) is 5.69 Å². The van der Waals surface area contributed by atoms with Crippen LogP contribution in [0.5, 0.6) is 0 Å². The summed E-state index contributed by atoms with van der Waals surface area (Å²) >= 11 is 1.70. The number of Topliss-reactive ketones (excluding diaryl/α,β-unsaturated/α-hetero) is 1. The van der Waals surface area contributed by atoms with Crippen LogP contribution in [0.15, 0.2) is 24.3 Å². The Kier molecular flexibility index (Phi) is 4.96. The Morgan fingerprint density at radius 1 is 1.32 bits per heavy atom. The first-order valence-corrected chi connectivity index (χ1v) is 7.61. The van der Waals surface area contributed by atoms with E-state index in [-0.39, 0.29) is 11.5 Å². The number of nitro groups is 1. The molecule has 5 heteroatoms. The molecule has 2 rings (SSSR count). The fraction of sp³-hybridized carbons (Fsp3) is 0.500. The summed E-state index contributed by atoms with van der Waals surface area (Å²) in [6.07, 6.45) is 6.18. The highest BCUT2D eigenvalue weighted by Gasteiger charge is 2.17. The van der Waals surface area contributed by atoms with Crippen molar-refractivity contribution in [1.82, 2.24) is 0 Å². The SMILES string of the molecule is O=C(CSC1CCCCC1)c1cccc([N+](=O)[O-])c1. The number of benzene rings is 1. The lowest BCUT2D eigenvalue weighted by Gasteiger charge is -2.20. The monoisotopic (exact) mass is 279 g/mol. The van der Waals surface area contributed by atoms with Gasteiger partial charge in [-0.3, -0.25) is 14.9 Å². The van der Waals surface area contributed by atoms with Gasteiger partial charge in [-0.2, -0.15) is 11.8 Å². The molecule has 0 bridgehead atoms. The summed E-state index contributed by atoms with van der Waals surface area (Å²) in [7, 11) is 0. The lowest BCUT2D eigenvalue weighted by molar-refractivity contribution is -0.384. The molecule has 19 heavy (non-hydrogen) atoms. The van der Waals surface area contributed by atoms with Gasteiger partial charge in [0.15, 0.2) is 5.78 Å². The van der Waals surface area contributed by atoms with Crippen molar-refractivity contribution < 1.29 is 9.72 Å². The zero-order valence-corrected chi connectivity index (χ0v) is 11.5. The molecule has 0 atom stereocenters. The highest BCUT2D eigenvalue weighted by molar-refractivity contribution is 8.00. The summed E-state index contributed by atoms with van der Waals surface area (Å²) in [5.74, 6) is 0.408. The number of ketones is 1. The van der Waals surface area contributed by atoms with Gasteiger partial charge < -0.3 is 0 Å². The first kappa shape index (κ1) is 14.1. The molecule has 1 aliphatic rings. The maximum atomic E-state index is 12.0. The topological polar surface area (TPSA) is 60.2 Å². The Balaban J connectivity index is 1.92. The number of hydrogen-bond donors (Lipinski definition) is 0. The van der Waals surface area contributed by atoms with Crippen LogP contribution in [-0.2, 0) is 0 Å². The van der Waals surface area contributed by atoms with Gasteiger partial charge in [0.2, 0.25) is 0 Å². The van der Waals surface area contributed by atoms with E-state index in [2.05, 4.69) is 0 Å². The molecular weight excluding hydrogens is 262 g/mol. The number of carbonyl (C=O) groups excluding carboxylic acids is 1. The summed E-state index contributed by atoms with van der Waals surface area (Å²) < 4.78 is 0. The van der Waals surface area contributed by atoms with Crippen molar-refractivity contribution in [2.45, 2.75) is 37.4 Å². The Labute approximate surface area is 116 Å². The summed E-state index contributed by atoms with van der Waals surface area (Å²) in [5.41, 5.74) is 0.422. The highest BCUT2D eigenvalue weighted by Crippen LogP contribution is 2.28. The van der Waals surface area contributed by atoms with E-state index in [1.54, 1.807) is 23.9 Å². The molecule has 1 aromatic rings. The molecule has 1 aliphatic carbocycles. The van der Waals surface area contributed by atoms with Crippen molar-refractivity contribution in [3.05, 3.63) is 39.9 Å². The molecule has 0 N–H and O–H groups in total. The van der Waals surface area contributed by atoms with Gasteiger partial charge >= 0.3 is 0 Å². The molecule has 0 aliphatic heterocycles. The Hall–Kier alpha value is -1.36. The Bertz CT molecular complexity index is 470. The first-order valence-electron chi connectivity index (χ1n) is 6.56. The molecule has 1 fully saturated rings. The van der Waals surface area contributed by atoms with E-state index in [0.717, 1.165) is 0 Å². The van der Waals surface area contributed by atoms with E-state index in [0.29, 0.717) is 16.6 Å². The fourth-order valence-corrected chi connectivity index (χ4v) is 3.52. The van der Waals surface area contributed by atoms with Gasteiger partial charge in [0.1, 0.15) is 0 Å². The van der Waals surface area contributed by atoms with E-state index in [9.17, 15) is 14.9 Å². The summed E-state index contributed by atoms with van der Waals surface area (Å²) in [5, 5.41) is 11.2. The van der Waals surface area contributed by atoms with Gasteiger partial charge in [-0.15, -0.1) is 0 Å². The van der Waals surface area contributed by atoms with Gasteiger partial charge in [-0.05, 0) is 12.8 Å². The van der Waals surface area contributed by atoms with E-state index in [1.807, 2.05) is 0 Å². The van der Waals surface area contributed by atoms with E-state index < -0.39 is 4.92 Å². The van der Waals surface area contributed by atoms with Crippen molar-refractivity contribution in [2.24, 2.45) is 0 Å². The number of non-ortho nitro benzene ring substituents is 1. The normalized spacial score (nSPS) is 16.2. The quantitative estimate of drug-likeness (QED) is 0.466. The van der Waals surface area contributed by atoms with Crippen LogP contribution in [0, 0.1) is 10.1 Å². The largest absolute Gasteiger partial charge is 0.293 e. The minimum atomic E-state index is -0.467. The van der Waals surface area contributed by atoms with E-state index in [1.165, 1.54) is 44.2 Å². The maximum Gasteiger partial charge on any atom is 0.270 e. The highest BCUT2D eigenvalue weighted by atomic mass is 32.2. The number of hydrogen-bond acceptors (Lipinski definition) is 4. The predicted molar refractivity (Wildman–Crippen MR) is 76.8 cm³/mol. The molecule has 1 saturated carbocycles. The number of nitro benzene ring substituents is 1. The summed E-state index contributed by atoms with van der Waals surface area (Å²) in [4.78, 5) is 22.2. The molecule has 1 aromatic carbocycles. The lowest BCUT2D eigenvalue weighted by Crippen LogP contribution is -2.12. The Morgan fingerprint density at radius 2 is 2.05 bits per heavy atom. The van der Waals surface area contributed by atoms with Gasteiger partial charge in [-0.1, -0.05) is 31.4 Å². The van der Waals surface area contributed by atoms with Crippen molar-refractivity contribution in [2.75, 3.05) is 5.75 Å². The molecule has 0 aromatic heterocycles. The molecule has 0 heterocycles. The molecule has 0 amide bonds. The van der Waals surface area contributed by atoms with E-state index >= 15 is 0 Å². The second-order valence-corrected chi connectivity index (χ2v) is 6.09. The third kappa shape index (κ3) is 4.06. The van der Waals surface area contributed by atoms with Crippen molar-refractivity contribution >= 4 is 23.2 Å². The number of thioether (sulfide) groups is 1. The van der Waals surface area contributed by atoms with Crippen molar-refractivity contribution in [3.8, 4) is 0 Å². The van der Waals surface area contributed by atoms with Gasteiger partial charge in [0.05, 0.1) is 10.7 Å². The number of carbonyl (C=O) groups is 1. The van der Waals surface area contributed by atoms with Crippen molar-refractivity contribution in [1.29, 1.82) is 0 Å². The first-order chi connectivity index (χ1) is 9.16. The van der Waals surface area contributed by atoms with Gasteiger partial charge in [0.25, 0.3) is 5.69 Å². The Morgan fingerprint density at radius 3 is 2.74 bits per heavy atom. The second kappa shape index (κ2) is 6.70. The van der Waals surface area contributed by atoms with Crippen LogP contribution in [0.25, 0.3) is 0 Å². The zero-order valence-electron chi connectivity index (χ0n) is 10.7. The van der Waals surface area contributed by atoms with Crippen LogP contribution in [0.3, 0.4) is 0 Å². The third-order valence-electron chi connectivity index (χ3n) is 3.38. The van der Waals surface area contributed by atoms with Gasteiger partial charge in [-0.25, -0.2) is 0 Å². The summed E-state index contributed by atoms with van der Waals surface area (Å²) in [6, 6.07) is 5.99. The van der Waals surface area contributed by atoms with Crippen LogP contribution in [-0.4, -0.2) is 21.7 Å². The van der Waals surface area contributed by atoms with Crippen LogP contribution in [0.1, 0.15) is 42.5 Å². The van der Waals surface area contributed by atoms with Crippen LogP contribution >= 0.6 is 11.8 Å². The molecule has 0 spiro atoms. The standard InChI is InChI=1S/C14H17NO3S/c16-14(10-19-13-7-2-1-3-8-13)11-5-4-6-12(9-11)15(17)18/h4-6,9,13H,1-3,7-8,10H2. The molecule has 0 radical (unpaired) electrons. The number of rotatable bonds is 5. The molecular formula is C14H17NO3S. The second-order valence-electron chi connectivity index (χ2n) is 4.80. The molecule has 102 valence electrons. The van der Waals surface area contributed by atoms with Crippen LogP contribution in [0.2, 0.25) is 0 Å². The maximum absolute atomic E-state index is 12.0. The van der Waals surface area contributed by atoms with Gasteiger partial charge in [0, 0.05) is 22.9 Å². The van der Waals surface area contributed by atoms with E-state index in [4.69, 9.17) is 0 Å². The molecule has 4 nitrogen and oxygen atoms in total. The minimum absolute atomic E-state index is 0.0146. The fourth-order valence-electron chi connectivity index (χ4n) is 2.30. The summed E-state index contributed by atoms with van der Waals surface area (Å²) in [6.45, 7) is 0.